The SMILES string of the molecule is Cc1c(O)n(CC2CCC(=O)N2)c(=O)[nH]c1=O. The Balaban J connectivity index is 2.33. The number of rotatable bonds is 2. The fourth-order valence-corrected chi connectivity index (χ4v) is 1.86. The Morgan fingerprint density at radius 2 is 2.12 bits per heavy atom. The van der Waals surface area contributed by atoms with Crippen molar-refractivity contribution in [3.63, 3.8) is 0 Å². The van der Waals surface area contributed by atoms with Gasteiger partial charge in [-0.05, 0) is 13.3 Å². The third-order valence-electron chi connectivity index (χ3n) is 2.89. The zero-order valence-electron chi connectivity index (χ0n) is 9.32. The zero-order chi connectivity index (χ0) is 12.6. The first-order chi connectivity index (χ1) is 7.99. The first-order valence-corrected chi connectivity index (χ1v) is 5.31. The molecule has 3 N–H and O–H groups in total. The lowest BCUT2D eigenvalue weighted by Crippen LogP contribution is -2.37. The minimum absolute atomic E-state index is 0.0660. The summed E-state index contributed by atoms with van der Waals surface area (Å²) in [7, 11) is 0. The summed E-state index contributed by atoms with van der Waals surface area (Å²) in [6.45, 7) is 1.59. The van der Waals surface area contributed by atoms with Gasteiger partial charge in [-0.3, -0.25) is 19.1 Å². The Morgan fingerprint density at radius 1 is 1.41 bits per heavy atom. The van der Waals surface area contributed by atoms with Gasteiger partial charge in [-0.1, -0.05) is 0 Å². The molecule has 1 aromatic rings. The topological polar surface area (TPSA) is 104 Å². The van der Waals surface area contributed by atoms with Crippen molar-refractivity contribution in [3.05, 3.63) is 26.4 Å². The molecule has 7 nitrogen and oxygen atoms in total. The summed E-state index contributed by atoms with van der Waals surface area (Å²) in [5.41, 5.74) is -1.17. The van der Waals surface area contributed by atoms with Crippen molar-refractivity contribution in [3.8, 4) is 5.88 Å². The number of aromatic hydroxyl groups is 1. The number of amides is 1. The fraction of sp³-hybridized carbons (Fsp3) is 0.500. The molecule has 1 aliphatic heterocycles. The van der Waals surface area contributed by atoms with E-state index in [-0.39, 0.29) is 29.9 Å². The Morgan fingerprint density at radius 3 is 2.71 bits per heavy atom. The Bertz CT molecular complexity index is 572. The van der Waals surface area contributed by atoms with E-state index in [1.165, 1.54) is 6.92 Å². The van der Waals surface area contributed by atoms with E-state index in [0.29, 0.717) is 12.8 Å². The number of carbonyl (C=O) groups is 1. The van der Waals surface area contributed by atoms with Gasteiger partial charge in [0, 0.05) is 12.5 Å². The molecule has 0 aromatic carbocycles. The fourth-order valence-electron chi connectivity index (χ4n) is 1.86. The molecule has 1 amide bonds. The van der Waals surface area contributed by atoms with Gasteiger partial charge in [0.05, 0.1) is 12.1 Å². The van der Waals surface area contributed by atoms with Gasteiger partial charge in [-0.2, -0.15) is 0 Å². The van der Waals surface area contributed by atoms with Gasteiger partial charge in [0.2, 0.25) is 11.8 Å². The quantitative estimate of drug-likeness (QED) is 0.604. The van der Waals surface area contributed by atoms with E-state index in [1.807, 2.05) is 0 Å². The largest absolute Gasteiger partial charge is 0.494 e. The number of hydrogen-bond acceptors (Lipinski definition) is 4. The highest BCUT2D eigenvalue weighted by Gasteiger charge is 2.23. The number of nitrogens with zero attached hydrogens (tertiary/aromatic N) is 1. The molecule has 0 radical (unpaired) electrons. The average molecular weight is 239 g/mol. The molecule has 1 aliphatic rings. The molecule has 17 heavy (non-hydrogen) atoms. The van der Waals surface area contributed by atoms with E-state index >= 15 is 0 Å². The lowest BCUT2D eigenvalue weighted by atomic mass is 10.2. The van der Waals surface area contributed by atoms with E-state index in [4.69, 9.17) is 0 Å². The number of aromatic nitrogens is 2. The van der Waals surface area contributed by atoms with Crippen LogP contribution in [0.1, 0.15) is 18.4 Å². The van der Waals surface area contributed by atoms with E-state index in [9.17, 15) is 19.5 Å². The average Bonchev–Trinajstić information content (AvgIpc) is 2.67. The molecule has 1 saturated heterocycles. The van der Waals surface area contributed by atoms with Crippen LogP contribution in [-0.4, -0.2) is 26.6 Å². The molecule has 0 bridgehead atoms. The second-order valence-electron chi connectivity index (χ2n) is 4.12. The molecular formula is C10H13N3O4. The minimum atomic E-state index is -0.667. The molecular weight excluding hydrogens is 226 g/mol. The van der Waals surface area contributed by atoms with Gasteiger partial charge in [0.1, 0.15) is 0 Å². The highest BCUT2D eigenvalue weighted by atomic mass is 16.3. The van der Waals surface area contributed by atoms with Gasteiger partial charge in [-0.25, -0.2) is 4.79 Å². The maximum absolute atomic E-state index is 11.5. The Kier molecular flexibility index (Phi) is 2.74. The molecule has 1 aromatic heterocycles. The number of H-pyrrole nitrogens is 1. The van der Waals surface area contributed by atoms with Crippen LogP contribution >= 0.6 is 0 Å². The summed E-state index contributed by atoms with van der Waals surface area (Å²) in [6, 6.07) is -0.184. The van der Waals surface area contributed by atoms with Crippen LogP contribution in [0.25, 0.3) is 0 Å². The van der Waals surface area contributed by atoms with E-state index in [0.717, 1.165) is 4.57 Å². The molecule has 0 spiro atoms. The zero-order valence-corrected chi connectivity index (χ0v) is 9.32. The van der Waals surface area contributed by atoms with Crippen molar-refractivity contribution < 1.29 is 9.90 Å². The summed E-state index contributed by atoms with van der Waals surface area (Å²) < 4.78 is 1.06. The van der Waals surface area contributed by atoms with Gasteiger partial charge in [0.15, 0.2) is 0 Å². The molecule has 1 fully saturated rings. The van der Waals surface area contributed by atoms with Gasteiger partial charge >= 0.3 is 5.69 Å². The third-order valence-corrected chi connectivity index (χ3v) is 2.89. The highest BCUT2D eigenvalue weighted by molar-refractivity contribution is 5.78. The molecule has 0 saturated carbocycles. The van der Waals surface area contributed by atoms with Crippen LogP contribution in [0.2, 0.25) is 0 Å². The number of hydrogen-bond donors (Lipinski definition) is 3. The van der Waals surface area contributed by atoms with Crippen molar-refractivity contribution in [2.24, 2.45) is 0 Å². The van der Waals surface area contributed by atoms with Crippen LogP contribution in [0, 0.1) is 6.92 Å². The molecule has 0 aliphatic carbocycles. The predicted octanol–water partition coefficient (Wildman–Crippen LogP) is -1.17. The van der Waals surface area contributed by atoms with Crippen LogP contribution in [0.15, 0.2) is 9.59 Å². The summed E-state index contributed by atoms with van der Waals surface area (Å²) in [4.78, 5) is 35.8. The molecule has 1 atom stereocenters. The molecule has 7 heteroatoms. The predicted molar refractivity (Wildman–Crippen MR) is 58.9 cm³/mol. The maximum Gasteiger partial charge on any atom is 0.331 e. The number of aromatic amines is 1. The number of nitrogens with one attached hydrogen (secondary N) is 2. The van der Waals surface area contributed by atoms with Crippen molar-refractivity contribution in [1.82, 2.24) is 14.9 Å². The Hall–Kier alpha value is -2.05. The van der Waals surface area contributed by atoms with Gasteiger partial charge < -0.3 is 10.4 Å². The van der Waals surface area contributed by atoms with Gasteiger partial charge in [-0.15, -0.1) is 0 Å². The van der Waals surface area contributed by atoms with E-state index in [2.05, 4.69) is 10.3 Å². The van der Waals surface area contributed by atoms with Crippen LogP contribution in [-0.2, 0) is 11.3 Å². The Labute approximate surface area is 96.1 Å². The van der Waals surface area contributed by atoms with Crippen molar-refractivity contribution in [2.45, 2.75) is 32.4 Å². The van der Waals surface area contributed by atoms with E-state index < -0.39 is 11.2 Å². The van der Waals surface area contributed by atoms with Gasteiger partial charge in [0.25, 0.3) is 5.56 Å². The minimum Gasteiger partial charge on any atom is -0.494 e. The van der Waals surface area contributed by atoms with Crippen molar-refractivity contribution in [2.75, 3.05) is 0 Å². The third kappa shape index (κ3) is 2.08. The normalized spacial score (nSPS) is 19.4. The standard InChI is InChI=1S/C10H13N3O4/c1-5-8(15)12-10(17)13(9(5)16)4-6-2-3-7(14)11-6/h6,16H,2-4H2,1H3,(H,11,14)(H,12,15,17). The first kappa shape index (κ1) is 11.4. The van der Waals surface area contributed by atoms with Crippen molar-refractivity contribution in [1.29, 1.82) is 0 Å². The second kappa shape index (κ2) is 4.08. The second-order valence-corrected chi connectivity index (χ2v) is 4.12. The summed E-state index contributed by atoms with van der Waals surface area (Å²) >= 11 is 0. The molecule has 1 unspecified atom stereocenters. The van der Waals surface area contributed by atoms with Crippen LogP contribution in [0.5, 0.6) is 5.88 Å². The smallest absolute Gasteiger partial charge is 0.331 e. The van der Waals surface area contributed by atoms with Crippen LogP contribution in [0.4, 0.5) is 0 Å². The van der Waals surface area contributed by atoms with E-state index in [1.54, 1.807) is 0 Å². The molecule has 2 heterocycles. The summed E-state index contributed by atoms with van der Waals surface area (Å²) in [5.74, 6) is -0.413. The maximum atomic E-state index is 11.5. The lowest BCUT2D eigenvalue weighted by molar-refractivity contribution is -0.119. The summed E-state index contributed by atoms with van der Waals surface area (Å²) in [6.07, 6.45) is 1.03. The monoisotopic (exact) mass is 239 g/mol. The first-order valence-electron chi connectivity index (χ1n) is 5.31. The lowest BCUT2D eigenvalue weighted by Gasteiger charge is -2.14. The van der Waals surface area contributed by atoms with Crippen LogP contribution in [0.3, 0.4) is 0 Å². The molecule has 2 rings (SSSR count). The number of carbonyl (C=O) groups excluding carboxylic acids is 1. The van der Waals surface area contributed by atoms with Crippen molar-refractivity contribution >= 4 is 5.91 Å². The molecule has 92 valence electrons. The van der Waals surface area contributed by atoms with Crippen LogP contribution < -0.4 is 16.6 Å². The summed E-state index contributed by atoms with van der Waals surface area (Å²) in [5, 5.41) is 12.4. The highest BCUT2D eigenvalue weighted by Crippen LogP contribution is 2.13.